The number of methoxy groups -OCH3 is 1. The standard InChI is InChI=1S/C18H23N3O4/c1-25-18(24)20-9-7-19(8-10-20)17(23)15-11-16(22)21(13-15)12-14-5-3-2-4-6-14/h2-6,15H,7-13H2,1H3. The fourth-order valence-electron chi connectivity index (χ4n) is 3.39. The third-order valence-electron chi connectivity index (χ3n) is 4.80. The van der Waals surface area contributed by atoms with Crippen LogP contribution in [0, 0.1) is 5.92 Å². The van der Waals surface area contributed by atoms with Gasteiger partial charge in [0, 0.05) is 45.7 Å². The van der Waals surface area contributed by atoms with Gasteiger partial charge in [-0.05, 0) is 5.56 Å². The number of hydrogen-bond donors (Lipinski definition) is 0. The van der Waals surface area contributed by atoms with Crippen LogP contribution in [0.15, 0.2) is 30.3 Å². The second kappa shape index (κ2) is 7.55. The van der Waals surface area contributed by atoms with Gasteiger partial charge in [-0.2, -0.15) is 0 Å². The number of piperazine rings is 1. The molecule has 1 atom stereocenters. The van der Waals surface area contributed by atoms with E-state index in [1.807, 2.05) is 30.3 Å². The van der Waals surface area contributed by atoms with Crippen LogP contribution in [0.5, 0.6) is 0 Å². The zero-order chi connectivity index (χ0) is 17.8. The molecule has 2 aliphatic heterocycles. The highest BCUT2D eigenvalue weighted by molar-refractivity contribution is 5.89. The van der Waals surface area contributed by atoms with Crippen molar-refractivity contribution < 1.29 is 19.1 Å². The number of hydrogen-bond acceptors (Lipinski definition) is 4. The van der Waals surface area contributed by atoms with Gasteiger partial charge < -0.3 is 19.4 Å². The number of benzene rings is 1. The monoisotopic (exact) mass is 345 g/mol. The van der Waals surface area contributed by atoms with Crippen LogP contribution in [0.25, 0.3) is 0 Å². The molecule has 25 heavy (non-hydrogen) atoms. The van der Waals surface area contributed by atoms with Gasteiger partial charge in [0.2, 0.25) is 11.8 Å². The van der Waals surface area contributed by atoms with E-state index in [1.165, 1.54) is 7.11 Å². The summed E-state index contributed by atoms with van der Waals surface area (Å²) in [6.45, 7) is 2.90. The lowest BCUT2D eigenvalue weighted by molar-refractivity contribution is -0.137. The maximum atomic E-state index is 12.7. The lowest BCUT2D eigenvalue weighted by atomic mass is 10.1. The van der Waals surface area contributed by atoms with E-state index in [-0.39, 0.29) is 30.2 Å². The smallest absolute Gasteiger partial charge is 0.409 e. The molecule has 0 bridgehead atoms. The van der Waals surface area contributed by atoms with E-state index >= 15 is 0 Å². The summed E-state index contributed by atoms with van der Waals surface area (Å²) >= 11 is 0. The van der Waals surface area contributed by atoms with Gasteiger partial charge in [0.15, 0.2) is 0 Å². The van der Waals surface area contributed by atoms with Crippen LogP contribution in [0.3, 0.4) is 0 Å². The van der Waals surface area contributed by atoms with Gasteiger partial charge in [-0.1, -0.05) is 30.3 Å². The first-order valence-corrected chi connectivity index (χ1v) is 8.52. The normalized spacial score (nSPS) is 20.8. The van der Waals surface area contributed by atoms with Crippen molar-refractivity contribution in [3.05, 3.63) is 35.9 Å². The van der Waals surface area contributed by atoms with E-state index in [9.17, 15) is 14.4 Å². The average molecular weight is 345 g/mol. The summed E-state index contributed by atoms with van der Waals surface area (Å²) in [6.07, 6.45) is -0.0970. The second-order valence-electron chi connectivity index (χ2n) is 6.44. The van der Waals surface area contributed by atoms with E-state index in [2.05, 4.69) is 0 Å². The quantitative estimate of drug-likeness (QED) is 0.818. The van der Waals surface area contributed by atoms with Crippen molar-refractivity contribution in [3.63, 3.8) is 0 Å². The molecule has 0 aromatic heterocycles. The van der Waals surface area contributed by atoms with Gasteiger partial charge in [-0.25, -0.2) is 4.79 Å². The summed E-state index contributed by atoms with van der Waals surface area (Å²) in [5, 5.41) is 0. The van der Waals surface area contributed by atoms with Crippen molar-refractivity contribution in [3.8, 4) is 0 Å². The topological polar surface area (TPSA) is 70.2 Å². The SMILES string of the molecule is COC(=O)N1CCN(C(=O)C2CC(=O)N(Cc3ccccc3)C2)CC1. The molecular weight excluding hydrogens is 322 g/mol. The third kappa shape index (κ3) is 3.92. The van der Waals surface area contributed by atoms with Crippen LogP contribution in [-0.4, -0.2) is 72.4 Å². The summed E-state index contributed by atoms with van der Waals surface area (Å²) in [7, 11) is 1.35. The van der Waals surface area contributed by atoms with E-state index in [4.69, 9.17) is 4.74 Å². The molecule has 0 radical (unpaired) electrons. The molecule has 2 aliphatic rings. The Hall–Kier alpha value is -2.57. The lowest BCUT2D eigenvalue weighted by Crippen LogP contribution is -2.52. The Labute approximate surface area is 147 Å². The van der Waals surface area contributed by atoms with Crippen molar-refractivity contribution in [1.29, 1.82) is 0 Å². The zero-order valence-electron chi connectivity index (χ0n) is 14.4. The Morgan fingerprint density at radius 3 is 2.36 bits per heavy atom. The second-order valence-corrected chi connectivity index (χ2v) is 6.44. The van der Waals surface area contributed by atoms with Gasteiger partial charge in [0.1, 0.15) is 0 Å². The number of carbonyl (C=O) groups is 3. The van der Waals surface area contributed by atoms with Gasteiger partial charge in [-0.3, -0.25) is 9.59 Å². The van der Waals surface area contributed by atoms with Crippen LogP contribution < -0.4 is 0 Å². The zero-order valence-corrected chi connectivity index (χ0v) is 14.4. The molecule has 0 aliphatic carbocycles. The highest BCUT2D eigenvalue weighted by atomic mass is 16.5. The molecule has 1 aromatic carbocycles. The number of nitrogens with zero attached hydrogens (tertiary/aromatic N) is 3. The first-order valence-electron chi connectivity index (χ1n) is 8.52. The molecule has 2 heterocycles. The molecule has 7 nitrogen and oxygen atoms in total. The van der Waals surface area contributed by atoms with E-state index in [0.29, 0.717) is 39.3 Å². The molecule has 1 unspecified atom stereocenters. The van der Waals surface area contributed by atoms with E-state index in [0.717, 1.165) is 5.56 Å². The molecule has 3 rings (SSSR count). The van der Waals surface area contributed by atoms with Crippen LogP contribution in [-0.2, 0) is 20.9 Å². The molecule has 0 spiro atoms. The van der Waals surface area contributed by atoms with Crippen LogP contribution in [0.2, 0.25) is 0 Å². The Balaban J connectivity index is 1.54. The number of ether oxygens (including phenoxy) is 1. The van der Waals surface area contributed by atoms with Crippen molar-refractivity contribution in [2.24, 2.45) is 5.92 Å². The minimum Gasteiger partial charge on any atom is -0.453 e. The summed E-state index contributed by atoms with van der Waals surface area (Å²) in [5.41, 5.74) is 1.07. The van der Waals surface area contributed by atoms with E-state index < -0.39 is 0 Å². The number of amides is 3. The van der Waals surface area contributed by atoms with Crippen molar-refractivity contribution >= 4 is 17.9 Å². The first-order chi connectivity index (χ1) is 12.1. The predicted molar refractivity (Wildman–Crippen MR) is 90.5 cm³/mol. The summed E-state index contributed by atoms with van der Waals surface area (Å²) in [6, 6.07) is 9.79. The summed E-state index contributed by atoms with van der Waals surface area (Å²) < 4.78 is 4.70. The average Bonchev–Trinajstić information content (AvgIpc) is 3.02. The van der Waals surface area contributed by atoms with Crippen LogP contribution >= 0.6 is 0 Å². The molecule has 134 valence electrons. The number of carbonyl (C=O) groups excluding carboxylic acids is 3. The third-order valence-corrected chi connectivity index (χ3v) is 4.80. The summed E-state index contributed by atoms with van der Waals surface area (Å²) in [4.78, 5) is 41.5. The highest BCUT2D eigenvalue weighted by Crippen LogP contribution is 2.23. The molecule has 3 amide bonds. The molecular formula is C18H23N3O4. The highest BCUT2D eigenvalue weighted by Gasteiger charge is 2.37. The minimum absolute atomic E-state index is 0.00780. The van der Waals surface area contributed by atoms with Crippen LogP contribution in [0.4, 0.5) is 4.79 Å². The Morgan fingerprint density at radius 2 is 1.72 bits per heavy atom. The fraction of sp³-hybridized carbons (Fsp3) is 0.500. The number of rotatable bonds is 3. The van der Waals surface area contributed by atoms with Crippen LogP contribution in [0.1, 0.15) is 12.0 Å². The molecule has 1 aromatic rings. The van der Waals surface area contributed by atoms with Gasteiger partial charge in [0.25, 0.3) is 0 Å². The Kier molecular flexibility index (Phi) is 5.21. The summed E-state index contributed by atoms with van der Waals surface area (Å²) in [5.74, 6) is -0.260. The largest absolute Gasteiger partial charge is 0.453 e. The number of likely N-dealkylation sites (tertiary alicyclic amines) is 1. The fourth-order valence-corrected chi connectivity index (χ4v) is 3.39. The first kappa shape index (κ1) is 17.3. The van der Waals surface area contributed by atoms with Gasteiger partial charge >= 0.3 is 6.09 Å². The minimum atomic E-state index is -0.364. The maximum absolute atomic E-state index is 12.7. The molecule has 0 saturated carbocycles. The molecule has 7 heteroatoms. The predicted octanol–water partition coefficient (Wildman–Crippen LogP) is 0.946. The Bertz CT molecular complexity index is 641. The van der Waals surface area contributed by atoms with Crippen molar-refractivity contribution in [2.75, 3.05) is 39.8 Å². The Morgan fingerprint density at radius 1 is 1.08 bits per heavy atom. The van der Waals surface area contributed by atoms with Gasteiger partial charge in [0.05, 0.1) is 13.0 Å². The van der Waals surface area contributed by atoms with Gasteiger partial charge in [-0.15, -0.1) is 0 Å². The van der Waals surface area contributed by atoms with Crippen molar-refractivity contribution in [2.45, 2.75) is 13.0 Å². The van der Waals surface area contributed by atoms with E-state index in [1.54, 1.807) is 14.7 Å². The molecule has 0 N–H and O–H groups in total. The maximum Gasteiger partial charge on any atom is 0.409 e. The lowest BCUT2D eigenvalue weighted by Gasteiger charge is -2.35. The molecule has 2 fully saturated rings. The van der Waals surface area contributed by atoms with Crippen molar-refractivity contribution in [1.82, 2.24) is 14.7 Å². The molecule has 2 saturated heterocycles.